The van der Waals surface area contributed by atoms with Crippen molar-refractivity contribution in [2.45, 2.75) is 98.3 Å². The zero-order valence-corrected chi connectivity index (χ0v) is 18.7. The summed E-state index contributed by atoms with van der Waals surface area (Å²) in [6.45, 7) is 9.58. The van der Waals surface area contributed by atoms with Gasteiger partial charge in [-0.1, -0.05) is 45.8 Å². The highest BCUT2D eigenvalue weighted by Gasteiger charge is 2.58. The highest BCUT2D eigenvalue weighted by Crippen LogP contribution is 2.67. The van der Waals surface area contributed by atoms with Gasteiger partial charge in [0.2, 0.25) is 0 Å². The molecular formula is C26H42O2. The van der Waals surface area contributed by atoms with E-state index in [0.717, 1.165) is 36.5 Å². The lowest BCUT2D eigenvalue weighted by atomic mass is 9.47. The Bertz CT molecular complexity index is 636. The van der Waals surface area contributed by atoms with Crippen LogP contribution in [-0.4, -0.2) is 11.1 Å². The Hall–Kier alpha value is -0.790. The first-order chi connectivity index (χ1) is 13.3. The zero-order valence-electron chi connectivity index (χ0n) is 18.7. The smallest absolute Gasteiger partial charge is 0.306 e. The Kier molecular flexibility index (Phi) is 5.47. The Morgan fingerprint density at radius 1 is 1.18 bits per heavy atom. The molecule has 0 radical (unpaired) electrons. The van der Waals surface area contributed by atoms with Gasteiger partial charge >= 0.3 is 5.97 Å². The molecular weight excluding hydrogens is 344 g/mol. The lowest BCUT2D eigenvalue weighted by Crippen LogP contribution is -2.50. The van der Waals surface area contributed by atoms with Gasteiger partial charge < -0.3 is 5.11 Å². The minimum atomic E-state index is -0.590. The maximum absolute atomic E-state index is 11.6. The molecule has 4 aliphatic carbocycles. The lowest BCUT2D eigenvalue weighted by molar-refractivity contribution is -0.142. The van der Waals surface area contributed by atoms with E-state index < -0.39 is 5.97 Å². The van der Waals surface area contributed by atoms with Crippen LogP contribution in [0, 0.1) is 46.3 Å². The summed E-state index contributed by atoms with van der Waals surface area (Å²) in [5.41, 5.74) is 2.73. The Balaban J connectivity index is 1.54. The van der Waals surface area contributed by atoms with Crippen LogP contribution in [0.4, 0.5) is 0 Å². The summed E-state index contributed by atoms with van der Waals surface area (Å²) in [6, 6.07) is 0. The Morgan fingerprint density at radius 2 is 1.96 bits per heavy atom. The molecule has 0 spiro atoms. The molecule has 0 aliphatic heterocycles. The highest BCUT2D eigenvalue weighted by molar-refractivity contribution is 5.69. The molecule has 4 aliphatic rings. The third kappa shape index (κ3) is 3.08. The van der Waals surface area contributed by atoms with E-state index in [1.807, 2.05) is 6.92 Å². The van der Waals surface area contributed by atoms with Crippen molar-refractivity contribution >= 4 is 5.97 Å². The van der Waals surface area contributed by atoms with Gasteiger partial charge in [-0.25, -0.2) is 0 Å². The van der Waals surface area contributed by atoms with Crippen molar-refractivity contribution in [3.05, 3.63) is 11.6 Å². The number of rotatable bonds is 5. The van der Waals surface area contributed by atoms with Crippen molar-refractivity contribution in [1.82, 2.24) is 0 Å². The molecule has 28 heavy (non-hydrogen) atoms. The average Bonchev–Trinajstić information content (AvgIpc) is 3.02. The summed E-state index contributed by atoms with van der Waals surface area (Å²) in [5.74, 6) is 3.15. The van der Waals surface area contributed by atoms with Gasteiger partial charge in [0, 0.05) is 0 Å². The molecule has 0 bridgehead atoms. The topological polar surface area (TPSA) is 37.3 Å². The summed E-state index contributed by atoms with van der Waals surface area (Å²) >= 11 is 0. The summed E-state index contributed by atoms with van der Waals surface area (Å²) in [4.78, 5) is 11.6. The highest BCUT2D eigenvalue weighted by atomic mass is 16.4. The predicted octanol–water partition coefficient (Wildman–Crippen LogP) is 7.09. The first-order valence-electron chi connectivity index (χ1n) is 12.2. The quantitative estimate of drug-likeness (QED) is 0.512. The van der Waals surface area contributed by atoms with E-state index in [1.54, 1.807) is 5.57 Å². The molecule has 158 valence electrons. The van der Waals surface area contributed by atoms with E-state index in [1.165, 1.54) is 57.8 Å². The van der Waals surface area contributed by atoms with Gasteiger partial charge in [0.05, 0.1) is 5.92 Å². The third-order valence-electron chi connectivity index (χ3n) is 10.3. The van der Waals surface area contributed by atoms with Crippen LogP contribution in [0.1, 0.15) is 98.3 Å². The van der Waals surface area contributed by atoms with E-state index in [-0.39, 0.29) is 5.92 Å². The van der Waals surface area contributed by atoms with Crippen LogP contribution in [0.25, 0.3) is 0 Å². The largest absolute Gasteiger partial charge is 0.481 e. The van der Waals surface area contributed by atoms with Gasteiger partial charge in [-0.05, 0) is 105 Å². The zero-order chi connectivity index (χ0) is 20.1. The monoisotopic (exact) mass is 386 g/mol. The molecule has 0 aromatic carbocycles. The van der Waals surface area contributed by atoms with Crippen LogP contribution in [-0.2, 0) is 4.79 Å². The van der Waals surface area contributed by atoms with Crippen molar-refractivity contribution in [3.63, 3.8) is 0 Å². The number of carboxylic acids is 1. The minimum absolute atomic E-state index is 0.157. The summed E-state index contributed by atoms with van der Waals surface area (Å²) in [6.07, 6.45) is 16.7. The number of fused-ring (bicyclic) bond motifs is 5. The molecule has 0 amide bonds. The number of carboxylic acid groups (broad SMARTS) is 1. The first-order valence-corrected chi connectivity index (χ1v) is 12.2. The minimum Gasteiger partial charge on any atom is -0.481 e. The molecule has 0 heterocycles. The molecule has 2 unspecified atom stereocenters. The maximum Gasteiger partial charge on any atom is 0.306 e. The van der Waals surface area contributed by atoms with Crippen molar-refractivity contribution in [2.24, 2.45) is 46.3 Å². The molecule has 4 rings (SSSR count). The number of hydrogen-bond donors (Lipinski definition) is 1. The standard InChI is InChI=1S/C26H42O2/c1-5-18(24(27)28)16-17(2)21-11-12-22-20-10-9-19-8-6-7-14-25(19,3)23(20)13-15-26(21,22)4/h9,17-18,20-23H,5-8,10-16H2,1-4H3,(H,27,28)/t17?,18?,20-,21+,22-,23-,25-,26+/m0/s1. The van der Waals surface area contributed by atoms with Crippen molar-refractivity contribution in [3.8, 4) is 0 Å². The molecule has 3 fully saturated rings. The van der Waals surface area contributed by atoms with E-state index in [0.29, 0.717) is 16.7 Å². The van der Waals surface area contributed by atoms with Gasteiger partial charge in [-0.15, -0.1) is 0 Å². The van der Waals surface area contributed by atoms with Gasteiger partial charge in [-0.2, -0.15) is 0 Å². The second-order valence-corrected chi connectivity index (χ2v) is 11.4. The van der Waals surface area contributed by atoms with E-state index >= 15 is 0 Å². The van der Waals surface area contributed by atoms with Crippen molar-refractivity contribution < 1.29 is 9.90 Å². The Labute approximate surface area is 172 Å². The predicted molar refractivity (Wildman–Crippen MR) is 115 cm³/mol. The van der Waals surface area contributed by atoms with Crippen LogP contribution in [0.2, 0.25) is 0 Å². The second-order valence-electron chi connectivity index (χ2n) is 11.4. The van der Waals surface area contributed by atoms with Gasteiger partial charge in [0.25, 0.3) is 0 Å². The molecule has 2 heteroatoms. The van der Waals surface area contributed by atoms with Crippen molar-refractivity contribution in [2.75, 3.05) is 0 Å². The number of hydrogen-bond acceptors (Lipinski definition) is 1. The fraction of sp³-hybridized carbons (Fsp3) is 0.885. The lowest BCUT2D eigenvalue weighted by Gasteiger charge is -2.58. The summed E-state index contributed by atoms with van der Waals surface area (Å²) in [7, 11) is 0. The molecule has 0 aromatic rings. The SMILES string of the molecule is CCC(CC(C)[C@H]1CC[C@H]2[C@@H]3CC=C4CCCC[C@]4(C)[C@H]3CC[C@]12C)C(=O)O. The van der Waals surface area contributed by atoms with Crippen LogP contribution in [0.15, 0.2) is 11.6 Å². The van der Waals surface area contributed by atoms with Gasteiger partial charge in [-0.3, -0.25) is 4.79 Å². The third-order valence-corrected chi connectivity index (χ3v) is 10.3. The normalized spacial score (nSPS) is 44.6. The number of aliphatic carboxylic acids is 1. The van der Waals surface area contributed by atoms with Gasteiger partial charge in [0.1, 0.15) is 0 Å². The fourth-order valence-corrected chi connectivity index (χ4v) is 8.73. The number of carbonyl (C=O) groups is 1. The van der Waals surface area contributed by atoms with E-state index in [4.69, 9.17) is 0 Å². The van der Waals surface area contributed by atoms with E-state index in [2.05, 4.69) is 26.8 Å². The second kappa shape index (κ2) is 7.47. The fourth-order valence-electron chi connectivity index (χ4n) is 8.73. The summed E-state index contributed by atoms with van der Waals surface area (Å²) in [5, 5.41) is 9.55. The molecule has 8 atom stereocenters. The maximum atomic E-state index is 11.6. The first kappa shape index (κ1) is 20.5. The average molecular weight is 387 g/mol. The molecule has 0 aromatic heterocycles. The van der Waals surface area contributed by atoms with E-state index in [9.17, 15) is 9.90 Å². The Morgan fingerprint density at radius 3 is 2.68 bits per heavy atom. The summed E-state index contributed by atoms with van der Waals surface area (Å²) < 4.78 is 0. The molecule has 3 saturated carbocycles. The van der Waals surface area contributed by atoms with Crippen LogP contribution in [0.5, 0.6) is 0 Å². The van der Waals surface area contributed by atoms with Gasteiger partial charge in [0.15, 0.2) is 0 Å². The van der Waals surface area contributed by atoms with Crippen LogP contribution >= 0.6 is 0 Å². The molecule has 1 N–H and O–H groups in total. The molecule has 2 nitrogen and oxygen atoms in total. The van der Waals surface area contributed by atoms with Crippen LogP contribution in [0.3, 0.4) is 0 Å². The number of allylic oxidation sites excluding steroid dienone is 2. The molecule has 0 saturated heterocycles. The van der Waals surface area contributed by atoms with Crippen molar-refractivity contribution in [1.29, 1.82) is 0 Å². The van der Waals surface area contributed by atoms with Crippen LogP contribution < -0.4 is 0 Å².